The number of rotatable bonds is 2. The van der Waals surface area contributed by atoms with Crippen molar-refractivity contribution in [2.75, 3.05) is 0 Å². The van der Waals surface area contributed by atoms with Crippen molar-refractivity contribution in [2.45, 2.75) is 33.0 Å². The monoisotopic (exact) mass is 157 g/mol. The van der Waals surface area contributed by atoms with Gasteiger partial charge in [0.25, 0.3) is 0 Å². The molecule has 0 aliphatic heterocycles. The van der Waals surface area contributed by atoms with Crippen LogP contribution in [0.2, 0.25) is 0 Å². The minimum absolute atomic E-state index is 0.308. The number of nitrogens with zero attached hydrogens (tertiary/aromatic N) is 3. The van der Waals surface area contributed by atoms with Crippen LogP contribution in [0, 0.1) is 0 Å². The van der Waals surface area contributed by atoms with Crippen molar-refractivity contribution in [2.24, 2.45) is 0 Å². The lowest BCUT2D eigenvalue weighted by molar-refractivity contribution is 0.241. The second-order valence-electron chi connectivity index (χ2n) is 2.85. The Morgan fingerprint density at radius 1 is 1.45 bits per heavy atom. The van der Waals surface area contributed by atoms with E-state index in [0.29, 0.717) is 5.92 Å². The van der Waals surface area contributed by atoms with E-state index in [0.717, 1.165) is 5.69 Å². The van der Waals surface area contributed by atoms with Crippen LogP contribution in [-0.2, 0) is 0 Å². The Morgan fingerprint density at radius 2 is 2.09 bits per heavy atom. The van der Waals surface area contributed by atoms with Crippen LogP contribution in [-0.4, -0.2) is 15.0 Å². The Bertz CT molecular complexity index is 207. The van der Waals surface area contributed by atoms with E-state index in [9.17, 15) is 4.39 Å². The van der Waals surface area contributed by atoms with E-state index >= 15 is 0 Å². The van der Waals surface area contributed by atoms with Gasteiger partial charge in [0.2, 0.25) is 0 Å². The van der Waals surface area contributed by atoms with Gasteiger partial charge >= 0.3 is 0 Å². The predicted octanol–water partition coefficient (Wildman–Crippen LogP) is 1.89. The van der Waals surface area contributed by atoms with Crippen LogP contribution in [0.3, 0.4) is 0 Å². The van der Waals surface area contributed by atoms with Gasteiger partial charge < -0.3 is 0 Å². The highest BCUT2D eigenvalue weighted by Crippen LogP contribution is 2.12. The second kappa shape index (κ2) is 2.98. The molecule has 62 valence electrons. The molecule has 3 nitrogen and oxygen atoms in total. The smallest absolute Gasteiger partial charge is 0.190 e. The first-order valence-electron chi connectivity index (χ1n) is 3.67. The van der Waals surface area contributed by atoms with E-state index in [1.54, 1.807) is 6.20 Å². The first kappa shape index (κ1) is 8.17. The van der Waals surface area contributed by atoms with Crippen LogP contribution in [0.4, 0.5) is 4.39 Å². The molecule has 1 aromatic rings. The lowest BCUT2D eigenvalue weighted by Gasteiger charge is -1.98. The molecule has 0 fully saturated rings. The van der Waals surface area contributed by atoms with Crippen LogP contribution in [0.5, 0.6) is 0 Å². The summed E-state index contributed by atoms with van der Waals surface area (Å²) in [6.45, 7) is 5.42. The largest absolute Gasteiger partial charge is 0.222 e. The van der Waals surface area contributed by atoms with E-state index in [1.165, 1.54) is 11.6 Å². The van der Waals surface area contributed by atoms with Crippen LogP contribution in [0.25, 0.3) is 0 Å². The van der Waals surface area contributed by atoms with Crippen molar-refractivity contribution >= 4 is 0 Å². The summed E-state index contributed by atoms with van der Waals surface area (Å²) in [5.74, 6) is 0.308. The van der Waals surface area contributed by atoms with Crippen molar-refractivity contribution in [1.29, 1.82) is 0 Å². The molecule has 1 unspecified atom stereocenters. The molecule has 0 aliphatic carbocycles. The average Bonchev–Trinajstić information content (AvgIpc) is 2.33. The van der Waals surface area contributed by atoms with Gasteiger partial charge in [-0.3, -0.25) is 0 Å². The number of hydrogen-bond donors (Lipinski definition) is 0. The summed E-state index contributed by atoms with van der Waals surface area (Å²) in [5.41, 5.74) is 0.828. The molecular weight excluding hydrogens is 145 g/mol. The van der Waals surface area contributed by atoms with Gasteiger partial charge in [-0.05, 0) is 12.8 Å². The summed E-state index contributed by atoms with van der Waals surface area (Å²) in [6.07, 6.45) is 0.546. The third kappa shape index (κ3) is 1.76. The topological polar surface area (TPSA) is 30.7 Å². The van der Waals surface area contributed by atoms with E-state index in [-0.39, 0.29) is 0 Å². The third-order valence-corrected chi connectivity index (χ3v) is 1.48. The number of hydrogen-bond acceptors (Lipinski definition) is 2. The van der Waals surface area contributed by atoms with Gasteiger partial charge in [0, 0.05) is 0 Å². The Kier molecular flexibility index (Phi) is 2.22. The lowest BCUT2D eigenvalue weighted by Crippen LogP contribution is -1.99. The fraction of sp³-hybridized carbons (Fsp3) is 0.714. The fourth-order valence-corrected chi connectivity index (χ4v) is 0.729. The highest BCUT2D eigenvalue weighted by atomic mass is 19.1. The number of halogens is 1. The molecule has 1 atom stereocenters. The molecule has 0 saturated carbocycles. The highest BCUT2D eigenvalue weighted by Gasteiger charge is 2.07. The summed E-state index contributed by atoms with van der Waals surface area (Å²) in [4.78, 5) is 0. The van der Waals surface area contributed by atoms with Gasteiger partial charge in [0.05, 0.1) is 11.9 Å². The van der Waals surface area contributed by atoms with Crippen LogP contribution >= 0.6 is 0 Å². The Hall–Kier alpha value is -0.930. The quantitative estimate of drug-likeness (QED) is 0.656. The zero-order valence-electron chi connectivity index (χ0n) is 6.95. The van der Waals surface area contributed by atoms with E-state index in [1.807, 2.05) is 13.8 Å². The summed E-state index contributed by atoms with van der Waals surface area (Å²) in [6, 6.07) is 0. The SMILES string of the molecule is CC(C)c1cn(C(C)F)nn1. The van der Waals surface area contributed by atoms with Crippen molar-refractivity contribution < 1.29 is 4.39 Å². The molecule has 0 saturated heterocycles. The Labute approximate surface area is 65.2 Å². The maximum Gasteiger partial charge on any atom is 0.190 e. The first-order chi connectivity index (χ1) is 5.11. The lowest BCUT2D eigenvalue weighted by atomic mass is 10.2. The molecule has 0 aliphatic rings. The molecule has 11 heavy (non-hydrogen) atoms. The summed E-state index contributed by atoms with van der Waals surface area (Å²) in [5, 5.41) is 7.44. The second-order valence-corrected chi connectivity index (χ2v) is 2.85. The van der Waals surface area contributed by atoms with Crippen molar-refractivity contribution in [3.05, 3.63) is 11.9 Å². The van der Waals surface area contributed by atoms with Crippen molar-refractivity contribution in [1.82, 2.24) is 15.0 Å². The normalized spacial score (nSPS) is 13.9. The van der Waals surface area contributed by atoms with Crippen LogP contribution in [0.1, 0.15) is 38.7 Å². The molecule has 0 radical (unpaired) electrons. The van der Waals surface area contributed by atoms with Gasteiger partial charge in [0.15, 0.2) is 6.30 Å². The molecule has 0 amide bonds. The molecule has 1 aromatic heterocycles. The maximum absolute atomic E-state index is 12.6. The molecule has 0 spiro atoms. The van der Waals surface area contributed by atoms with Crippen molar-refractivity contribution in [3.63, 3.8) is 0 Å². The minimum atomic E-state index is -1.09. The molecule has 0 aromatic carbocycles. The average molecular weight is 157 g/mol. The third-order valence-electron chi connectivity index (χ3n) is 1.48. The van der Waals surface area contributed by atoms with E-state index in [2.05, 4.69) is 10.3 Å². The number of alkyl halides is 1. The molecule has 1 rings (SSSR count). The molecular formula is C7H12FN3. The van der Waals surface area contributed by atoms with Gasteiger partial charge in [-0.2, -0.15) is 0 Å². The zero-order chi connectivity index (χ0) is 8.43. The first-order valence-corrected chi connectivity index (χ1v) is 3.67. The van der Waals surface area contributed by atoms with Gasteiger partial charge in [-0.15, -0.1) is 5.10 Å². The molecule has 4 heteroatoms. The Morgan fingerprint density at radius 3 is 2.36 bits per heavy atom. The summed E-state index contributed by atoms with van der Waals surface area (Å²) >= 11 is 0. The van der Waals surface area contributed by atoms with Gasteiger partial charge in [0.1, 0.15) is 0 Å². The zero-order valence-corrected chi connectivity index (χ0v) is 6.95. The minimum Gasteiger partial charge on any atom is -0.222 e. The number of aromatic nitrogens is 3. The van der Waals surface area contributed by atoms with E-state index < -0.39 is 6.30 Å². The molecule has 0 N–H and O–H groups in total. The maximum atomic E-state index is 12.6. The van der Waals surface area contributed by atoms with E-state index in [4.69, 9.17) is 0 Å². The Balaban J connectivity index is 2.82. The van der Waals surface area contributed by atoms with Crippen LogP contribution in [0.15, 0.2) is 6.20 Å². The molecule has 0 bridgehead atoms. The van der Waals surface area contributed by atoms with Crippen LogP contribution < -0.4 is 0 Å². The summed E-state index contributed by atoms with van der Waals surface area (Å²) < 4.78 is 13.8. The standard InChI is InChI=1S/C7H12FN3/c1-5(2)7-4-11(6(3)8)10-9-7/h4-6H,1-3H3. The van der Waals surface area contributed by atoms with Gasteiger partial charge in [-0.1, -0.05) is 19.1 Å². The predicted molar refractivity (Wildman–Crippen MR) is 39.9 cm³/mol. The van der Waals surface area contributed by atoms with Crippen molar-refractivity contribution in [3.8, 4) is 0 Å². The van der Waals surface area contributed by atoms with Gasteiger partial charge in [-0.25, -0.2) is 9.07 Å². The fourth-order valence-electron chi connectivity index (χ4n) is 0.729. The molecule has 1 heterocycles. The highest BCUT2D eigenvalue weighted by molar-refractivity contribution is 4.98. The summed E-state index contributed by atoms with van der Waals surface area (Å²) in [7, 11) is 0.